The molecule has 1 atom stereocenters. The Morgan fingerprint density at radius 1 is 1.06 bits per heavy atom. The molecule has 7 heteroatoms. The number of fused-ring (bicyclic) bond motifs is 1. The lowest BCUT2D eigenvalue weighted by Crippen LogP contribution is -2.61. The summed E-state index contributed by atoms with van der Waals surface area (Å²) < 4.78 is 6.33. The first-order valence-corrected chi connectivity index (χ1v) is 12.1. The van der Waals surface area contributed by atoms with E-state index in [-0.39, 0.29) is 17.9 Å². The molecule has 3 aromatic rings. The number of likely N-dealkylation sites (N-methyl/N-ethyl adjacent to an activating group) is 1. The number of nitrogens with one attached hydrogen (secondary N) is 1. The SMILES string of the molecule is CC(C)[C@H](Nc1ccccn1)C(=O)N(C)C1(C(=O)O)CCC(Oc2cccc3ccccc23)CC1. The number of ether oxygens (including phenoxy) is 1. The van der Waals surface area contributed by atoms with Gasteiger partial charge in [0.2, 0.25) is 5.91 Å². The summed E-state index contributed by atoms with van der Waals surface area (Å²) in [4.78, 5) is 31.8. The molecule has 2 N–H and O–H groups in total. The van der Waals surface area contributed by atoms with E-state index in [1.54, 1.807) is 19.3 Å². The second-order valence-corrected chi connectivity index (χ2v) is 9.61. The number of rotatable bonds is 8. The van der Waals surface area contributed by atoms with Crippen LogP contribution >= 0.6 is 0 Å². The second-order valence-electron chi connectivity index (χ2n) is 9.61. The second kappa shape index (κ2) is 10.3. The highest BCUT2D eigenvalue weighted by molar-refractivity contribution is 5.91. The number of hydrogen-bond donors (Lipinski definition) is 2. The lowest BCUT2D eigenvalue weighted by Gasteiger charge is -2.44. The first-order chi connectivity index (χ1) is 16.8. The summed E-state index contributed by atoms with van der Waals surface area (Å²) in [6, 6.07) is 18.9. The number of carboxylic acids is 1. The van der Waals surface area contributed by atoms with Crippen LogP contribution in [0.4, 0.5) is 5.82 Å². The largest absolute Gasteiger partial charge is 0.490 e. The van der Waals surface area contributed by atoms with Crippen LogP contribution in [0.25, 0.3) is 10.8 Å². The van der Waals surface area contributed by atoms with Gasteiger partial charge in [-0.3, -0.25) is 4.79 Å². The van der Waals surface area contributed by atoms with Gasteiger partial charge in [0.25, 0.3) is 0 Å². The maximum Gasteiger partial charge on any atom is 0.329 e. The molecule has 1 aromatic heterocycles. The van der Waals surface area contributed by atoms with Crippen LogP contribution < -0.4 is 10.1 Å². The number of carboxylic acid groups (broad SMARTS) is 1. The van der Waals surface area contributed by atoms with Gasteiger partial charge in [-0.1, -0.05) is 56.3 Å². The number of aliphatic carboxylic acids is 1. The van der Waals surface area contributed by atoms with Gasteiger partial charge in [-0.05, 0) is 55.2 Å². The van der Waals surface area contributed by atoms with Crippen molar-refractivity contribution < 1.29 is 19.4 Å². The van der Waals surface area contributed by atoms with E-state index >= 15 is 0 Å². The summed E-state index contributed by atoms with van der Waals surface area (Å²) in [5.74, 6) is 0.118. The monoisotopic (exact) mass is 475 g/mol. The number of hydrogen-bond acceptors (Lipinski definition) is 5. The van der Waals surface area contributed by atoms with Crippen LogP contribution in [0.2, 0.25) is 0 Å². The van der Waals surface area contributed by atoms with Gasteiger partial charge >= 0.3 is 5.97 Å². The zero-order valence-electron chi connectivity index (χ0n) is 20.5. The third-order valence-electron chi connectivity index (χ3n) is 7.07. The summed E-state index contributed by atoms with van der Waals surface area (Å²) in [5.41, 5.74) is -1.27. The van der Waals surface area contributed by atoms with E-state index in [1.807, 2.05) is 68.4 Å². The Kier molecular flexibility index (Phi) is 7.24. The molecule has 1 aliphatic rings. The molecular formula is C28H33N3O4. The van der Waals surface area contributed by atoms with E-state index in [0.29, 0.717) is 31.5 Å². The van der Waals surface area contributed by atoms with Crippen molar-refractivity contribution in [3.63, 3.8) is 0 Å². The zero-order valence-corrected chi connectivity index (χ0v) is 20.5. The van der Waals surface area contributed by atoms with Crippen molar-refractivity contribution >= 4 is 28.5 Å². The molecular weight excluding hydrogens is 442 g/mol. The predicted molar refractivity (Wildman–Crippen MR) is 136 cm³/mol. The summed E-state index contributed by atoms with van der Waals surface area (Å²) in [6.45, 7) is 3.88. The zero-order chi connectivity index (χ0) is 25.0. The van der Waals surface area contributed by atoms with Crippen molar-refractivity contribution in [2.75, 3.05) is 12.4 Å². The molecule has 1 amide bonds. The smallest absolute Gasteiger partial charge is 0.329 e. The van der Waals surface area contributed by atoms with E-state index < -0.39 is 17.6 Å². The maximum atomic E-state index is 13.6. The fourth-order valence-corrected chi connectivity index (χ4v) is 4.90. The topological polar surface area (TPSA) is 91.8 Å². The number of aromatic nitrogens is 1. The number of carbonyl (C=O) groups is 2. The van der Waals surface area contributed by atoms with E-state index in [2.05, 4.69) is 10.3 Å². The fourth-order valence-electron chi connectivity index (χ4n) is 4.90. The van der Waals surface area contributed by atoms with Gasteiger partial charge in [0.05, 0.1) is 6.10 Å². The molecule has 0 bridgehead atoms. The normalized spacial score (nSPS) is 20.9. The fraction of sp³-hybridized carbons (Fsp3) is 0.393. The summed E-state index contributed by atoms with van der Waals surface area (Å²) in [7, 11) is 1.61. The van der Waals surface area contributed by atoms with Crippen molar-refractivity contribution in [2.24, 2.45) is 5.92 Å². The van der Waals surface area contributed by atoms with Gasteiger partial charge in [0.1, 0.15) is 23.1 Å². The van der Waals surface area contributed by atoms with Gasteiger partial charge in [0.15, 0.2) is 0 Å². The Bertz CT molecular complexity index is 1170. The van der Waals surface area contributed by atoms with Crippen molar-refractivity contribution in [2.45, 2.75) is 57.2 Å². The summed E-state index contributed by atoms with van der Waals surface area (Å²) in [6.07, 6.45) is 3.30. The molecule has 4 rings (SSSR count). The molecule has 0 unspecified atom stereocenters. The Morgan fingerprint density at radius 3 is 2.40 bits per heavy atom. The minimum atomic E-state index is -1.27. The Hall–Kier alpha value is -3.61. The first kappa shape index (κ1) is 24.5. The van der Waals surface area contributed by atoms with Crippen molar-refractivity contribution in [1.29, 1.82) is 0 Å². The van der Waals surface area contributed by atoms with Crippen LogP contribution in [0.1, 0.15) is 39.5 Å². The van der Waals surface area contributed by atoms with Gasteiger partial charge < -0.3 is 20.1 Å². The van der Waals surface area contributed by atoms with Gasteiger partial charge in [0, 0.05) is 18.6 Å². The summed E-state index contributed by atoms with van der Waals surface area (Å²) >= 11 is 0. The highest BCUT2D eigenvalue weighted by Gasteiger charge is 2.49. The van der Waals surface area contributed by atoms with Gasteiger partial charge in [-0.15, -0.1) is 0 Å². The van der Waals surface area contributed by atoms with E-state index in [0.717, 1.165) is 16.5 Å². The molecule has 35 heavy (non-hydrogen) atoms. The number of anilines is 1. The number of carbonyl (C=O) groups excluding carboxylic acids is 1. The molecule has 0 aliphatic heterocycles. The third kappa shape index (κ3) is 5.09. The average molecular weight is 476 g/mol. The van der Waals surface area contributed by atoms with Crippen molar-refractivity contribution in [3.8, 4) is 5.75 Å². The molecule has 1 aliphatic carbocycles. The molecule has 0 radical (unpaired) electrons. The van der Waals surface area contributed by atoms with Gasteiger partial charge in [-0.25, -0.2) is 9.78 Å². The van der Waals surface area contributed by atoms with Crippen LogP contribution in [0.5, 0.6) is 5.75 Å². The van der Waals surface area contributed by atoms with E-state index in [1.165, 1.54) is 4.90 Å². The average Bonchev–Trinajstić information content (AvgIpc) is 2.87. The molecule has 2 aromatic carbocycles. The predicted octanol–water partition coefficient (Wildman–Crippen LogP) is 4.97. The van der Waals surface area contributed by atoms with Crippen LogP contribution in [0, 0.1) is 5.92 Å². The highest BCUT2D eigenvalue weighted by Crippen LogP contribution is 2.37. The Labute approximate surface area is 206 Å². The lowest BCUT2D eigenvalue weighted by atomic mass is 9.78. The first-order valence-electron chi connectivity index (χ1n) is 12.1. The minimum absolute atomic E-state index is 0.0520. The van der Waals surface area contributed by atoms with Crippen LogP contribution in [-0.4, -0.2) is 51.6 Å². The van der Waals surface area contributed by atoms with Crippen LogP contribution in [0.15, 0.2) is 66.9 Å². The number of amides is 1. The molecule has 1 heterocycles. The summed E-state index contributed by atoms with van der Waals surface area (Å²) in [5, 5.41) is 15.6. The molecule has 1 saturated carbocycles. The van der Waals surface area contributed by atoms with Crippen molar-refractivity contribution in [1.82, 2.24) is 9.88 Å². The maximum absolute atomic E-state index is 13.6. The number of pyridine rings is 1. The molecule has 0 spiro atoms. The van der Waals surface area contributed by atoms with Crippen LogP contribution in [-0.2, 0) is 9.59 Å². The van der Waals surface area contributed by atoms with E-state index in [4.69, 9.17) is 4.74 Å². The lowest BCUT2D eigenvalue weighted by molar-refractivity contribution is -0.162. The standard InChI is InChI=1S/C28H33N3O4/c1-19(2)25(30-24-13-6-7-18-29-24)26(32)31(3)28(27(33)34)16-14-21(15-17-28)35-23-12-8-10-20-9-4-5-11-22(20)23/h4-13,18-19,21,25H,14-17H2,1-3H3,(H,29,30)(H,33,34)/t21?,25-,28?/m0/s1. The number of nitrogens with zero attached hydrogens (tertiary/aromatic N) is 2. The molecule has 7 nitrogen and oxygen atoms in total. The van der Waals surface area contributed by atoms with Crippen molar-refractivity contribution in [3.05, 3.63) is 66.9 Å². The molecule has 184 valence electrons. The molecule has 1 fully saturated rings. The Morgan fingerprint density at radius 2 is 1.74 bits per heavy atom. The highest BCUT2D eigenvalue weighted by atomic mass is 16.5. The Balaban J connectivity index is 1.48. The molecule has 0 saturated heterocycles. The third-order valence-corrected chi connectivity index (χ3v) is 7.07. The van der Waals surface area contributed by atoms with Gasteiger partial charge in [-0.2, -0.15) is 0 Å². The minimum Gasteiger partial charge on any atom is -0.490 e. The van der Waals surface area contributed by atoms with E-state index in [9.17, 15) is 14.7 Å². The van der Waals surface area contributed by atoms with Crippen LogP contribution in [0.3, 0.4) is 0 Å². The quantitative estimate of drug-likeness (QED) is 0.478. The number of benzene rings is 2.